The van der Waals surface area contributed by atoms with Gasteiger partial charge in [-0.05, 0) is 31.9 Å². The molecule has 1 aliphatic heterocycles. The summed E-state index contributed by atoms with van der Waals surface area (Å²) in [5.74, 6) is -3.07. The highest BCUT2D eigenvalue weighted by molar-refractivity contribution is 5.99. The molecule has 1 heterocycles. The Balaban J connectivity index is 2.03. The monoisotopic (exact) mass is 335 g/mol. The van der Waals surface area contributed by atoms with Crippen LogP contribution in [0.2, 0.25) is 0 Å². The number of aliphatic carboxylic acids is 1. The summed E-state index contributed by atoms with van der Waals surface area (Å²) in [5.41, 5.74) is 0.241. The smallest absolute Gasteiger partial charge is 0.308 e. The standard InChI is InChI=1S/C18H22FNO4/c1-11(17(22)13-5-3-6-14(19)10-13)9-16(21)20-8-4-7-15(12(20)2)18(23)24/h3,5-6,10-12,15H,4,7-9H2,1-2H3,(H,23,24)/t11?,12-,15-/m0/s1. The lowest BCUT2D eigenvalue weighted by Gasteiger charge is -2.38. The molecule has 1 saturated heterocycles. The van der Waals surface area contributed by atoms with E-state index in [0.717, 1.165) is 6.07 Å². The van der Waals surface area contributed by atoms with E-state index in [1.54, 1.807) is 18.7 Å². The van der Waals surface area contributed by atoms with Crippen molar-refractivity contribution in [3.05, 3.63) is 35.6 Å². The lowest BCUT2D eigenvalue weighted by atomic mass is 9.89. The maximum absolute atomic E-state index is 13.2. The minimum atomic E-state index is -0.899. The number of carbonyl (C=O) groups excluding carboxylic acids is 2. The third-order valence-electron chi connectivity index (χ3n) is 4.66. The normalized spacial score (nSPS) is 22.0. The van der Waals surface area contributed by atoms with Crippen LogP contribution in [0.3, 0.4) is 0 Å². The fourth-order valence-electron chi connectivity index (χ4n) is 3.22. The second-order valence-electron chi connectivity index (χ2n) is 6.39. The summed E-state index contributed by atoms with van der Waals surface area (Å²) in [7, 11) is 0. The van der Waals surface area contributed by atoms with Crippen LogP contribution in [0.15, 0.2) is 24.3 Å². The number of halogens is 1. The molecular weight excluding hydrogens is 313 g/mol. The van der Waals surface area contributed by atoms with Gasteiger partial charge in [0.05, 0.1) is 5.92 Å². The molecule has 3 atom stereocenters. The Morgan fingerprint density at radius 1 is 1.38 bits per heavy atom. The third-order valence-corrected chi connectivity index (χ3v) is 4.66. The van der Waals surface area contributed by atoms with Crippen LogP contribution >= 0.6 is 0 Å². The van der Waals surface area contributed by atoms with E-state index in [-0.39, 0.29) is 29.7 Å². The number of ketones is 1. The molecule has 1 aromatic rings. The molecule has 1 N–H and O–H groups in total. The fourth-order valence-corrected chi connectivity index (χ4v) is 3.22. The van der Waals surface area contributed by atoms with Crippen molar-refractivity contribution in [3.8, 4) is 0 Å². The van der Waals surface area contributed by atoms with Crippen LogP contribution in [-0.4, -0.2) is 40.3 Å². The average molecular weight is 335 g/mol. The topological polar surface area (TPSA) is 74.7 Å². The Hall–Kier alpha value is -2.24. The Labute approximate surface area is 140 Å². The van der Waals surface area contributed by atoms with Crippen LogP contribution < -0.4 is 0 Å². The lowest BCUT2D eigenvalue weighted by Crippen LogP contribution is -2.49. The Morgan fingerprint density at radius 2 is 2.08 bits per heavy atom. The van der Waals surface area contributed by atoms with Crippen molar-refractivity contribution in [2.45, 2.75) is 39.2 Å². The number of amides is 1. The molecule has 1 amide bonds. The zero-order chi connectivity index (χ0) is 17.9. The molecule has 5 nitrogen and oxygen atoms in total. The SMILES string of the molecule is CC(CC(=O)N1CCC[C@H](C(=O)O)[C@@H]1C)C(=O)c1cccc(F)c1. The second-order valence-corrected chi connectivity index (χ2v) is 6.39. The van der Waals surface area contributed by atoms with Crippen molar-refractivity contribution in [2.75, 3.05) is 6.54 Å². The molecule has 0 saturated carbocycles. The number of hydrogen-bond donors (Lipinski definition) is 1. The Morgan fingerprint density at radius 3 is 2.71 bits per heavy atom. The predicted octanol–water partition coefficient (Wildman–Crippen LogP) is 2.75. The number of piperidine rings is 1. The van der Waals surface area contributed by atoms with Gasteiger partial charge in [-0.2, -0.15) is 0 Å². The number of carbonyl (C=O) groups is 3. The summed E-state index contributed by atoms with van der Waals surface area (Å²) in [6.07, 6.45) is 1.18. The number of nitrogens with zero attached hydrogens (tertiary/aromatic N) is 1. The first-order valence-electron chi connectivity index (χ1n) is 8.13. The first kappa shape index (κ1) is 18.1. The van der Waals surface area contributed by atoms with Crippen molar-refractivity contribution >= 4 is 17.7 Å². The quantitative estimate of drug-likeness (QED) is 0.840. The Bertz CT molecular complexity index is 646. The van der Waals surface area contributed by atoms with Crippen LogP contribution in [-0.2, 0) is 9.59 Å². The molecule has 1 aliphatic rings. The number of hydrogen-bond acceptors (Lipinski definition) is 3. The van der Waals surface area contributed by atoms with Crippen LogP contribution in [0.4, 0.5) is 4.39 Å². The van der Waals surface area contributed by atoms with Crippen molar-refractivity contribution in [1.29, 1.82) is 0 Å². The molecule has 1 aromatic carbocycles. The number of carboxylic acids is 1. The van der Waals surface area contributed by atoms with E-state index in [1.807, 2.05) is 0 Å². The van der Waals surface area contributed by atoms with Gasteiger partial charge in [0.15, 0.2) is 5.78 Å². The molecule has 0 aromatic heterocycles. The van der Waals surface area contributed by atoms with Gasteiger partial charge in [-0.1, -0.05) is 19.1 Å². The van der Waals surface area contributed by atoms with Gasteiger partial charge < -0.3 is 10.0 Å². The first-order chi connectivity index (χ1) is 11.3. The summed E-state index contributed by atoms with van der Waals surface area (Å²) in [5, 5.41) is 9.23. The largest absolute Gasteiger partial charge is 0.481 e. The van der Waals surface area contributed by atoms with E-state index < -0.39 is 23.6 Å². The van der Waals surface area contributed by atoms with E-state index in [4.69, 9.17) is 0 Å². The minimum Gasteiger partial charge on any atom is -0.481 e. The molecule has 130 valence electrons. The van der Waals surface area contributed by atoms with Gasteiger partial charge in [0.1, 0.15) is 5.82 Å². The second kappa shape index (κ2) is 7.55. The minimum absolute atomic E-state index is 0.00791. The summed E-state index contributed by atoms with van der Waals surface area (Å²) < 4.78 is 13.2. The summed E-state index contributed by atoms with van der Waals surface area (Å²) in [6, 6.07) is 5.01. The van der Waals surface area contributed by atoms with E-state index >= 15 is 0 Å². The van der Waals surface area contributed by atoms with Crippen molar-refractivity contribution < 1.29 is 23.9 Å². The maximum Gasteiger partial charge on any atom is 0.308 e. The van der Waals surface area contributed by atoms with Crippen molar-refractivity contribution in [1.82, 2.24) is 4.90 Å². The maximum atomic E-state index is 13.2. The van der Waals surface area contributed by atoms with Crippen LogP contribution in [0.25, 0.3) is 0 Å². The zero-order valence-corrected chi connectivity index (χ0v) is 13.9. The molecule has 1 fully saturated rings. The van der Waals surface area contributed by atoms with Gasteiger partial charge in [-0.15, -0.1) is 0 Å². The molecule has 0 radical (unpaired) electrons. The van der Waals surface area contributed by atoms with E-state index in [9.17, 15) is 23.9 Å². The molecule has 2 rings (SSSR count). The van der Waals surface area contributed by atoms with Gasteiger partial charge in [0.2, 0.25) is 5.91 Å². The highest BCUT2D eigenvalue weighted by Crippen LogP contribution is 2.25. The van der Waals surface area contributed by atoms with E-state index in [0.29, 0.717) is 19.4 Å². The molecule has 0 spiro atoms. The molecule has 0 bridgehead atoms. The van der Waals surface area contributed by atoms with Gasteiger partial charge in [0.25, 0.3) is 0 Å². The number of carboxylic acid groups (broad SMARTS) is 1. The van der Waals surface area contributed by atoms with Gasteiger partial charge in [0, 0.05) is 30.5 Å². The van der Waals surface area contributed by atoms with E-state index in [2.05, 4.69) is 0 Å². The summed E-state index contributed by atoms with van der Waals surface area (Å²) in [6.45, 7) is 3.87. The van der Waals surface area contributed by atoms with Crippen LogP contribution in [0.5, 0.6) is 0 Å². The van der Waals surface area contributed by atoms with Crippen molar-refractivity contribution in [3.63, 3.8) is 0 Å². The third kappa shape index (κ3) is 3.99. The van der Waals surface area contributed by atoms with Crippen molar-refractivity contribution in [2.24, 2.45) is 11.8 Å². The van der Waals surface area contributed by atoms with Gasteiger partial charge in [-0.3, -0.25) is 14.4 Å². The number of Topliss-reactive ketones (excluding diaryl/α,β-unsaturated/α-hetero) is 1. The highest BCUT2D eigenvalue weighted by atomic mass is 19.1. The number of benzene rings is 1. The highest BCUT2D eigenvalue weighted by Gasteiger charge is 2.36. The van der Waals surface area contributed by atoms with Crippen LogP contribution in [0.1, 0.15) is 43.5 Å². The molecule has 24 heavy (non-hydrogen) atoms. The van der Waals surface area contributed by atoms with Gasteiger partial charge >= 0.3 is 5.97 Å². The number of rotatable bonds is 5. The van der Waals surface area contributed by atoms with Gasteiger partial charge in [-0.25, -0.2) is 4.39 Å². The fraction of sp³-hybridized carbons (Fsp3) is 0.500. The predicted molar refractivity (Wildman–Crippen MR) is 86.0 cm³/mol. The lowest BCUT2D eigenvalue weighted by molar-refractivity contribution is -0.149. The average Bonchev–Trinajstić information content (AvgIpc) is 2.53. The summed E-state index contributed by atoms with van der Waals surface area (Å²) >= 11 is 0. The zero-order valence-electron chi connectivity index (χ0n) is 13.9. The summed E-state index contributed by atoms with van der Waals surface area (Å²) in [4.78, 5) is 37.6. The Kier molecular flexibility index (Phi) is 5.70. The number of likely N-dealkylation sites (tertiary alicyclic amines) is 1. The van der Waals surface area contributed by atoms with E-state index in [1.165, 1.54) is 18.2 Å². The molecule has 0 aliphatic carbocycles. The van der Waals surface area contributed by atoms with Crippen LogP contribution in [0, 0.1) is 17.7 Å². The molecule has 6 heteroatoms. The first-order valence-corrected chi connectivity index (χ1v) is 8.13. The molecule has 1 unspecified atom stereocenters. The molecular formula is C18H22FNO4.